The minimum absolute atomic E-state index is 0.0258. The minimum atomic E-state index is 0.0258. The van der Waals surface area contributed by atoms with Gasteiger partial charge < -0.3 is 20.0 Å². The zero-order valence-corrected chi connectivity index (χ0v) is 48.0. The van der Waals surface area contributed by atoms with E-state index in [0.717, 1.165) is 121 Å². The molecule has 0 spiro atoms. The Morgan fingerprint density at radius 3 is 0.914 bits per heavy atom. The summed E-state index contributed by atoms with van der Waals surface area (Å²) in [5.74, 6) is 3.66. The summed E-state index contributed by atoms with van der Waals surface area (Å²) in [6.07, 6.45) is 6.02. The molecule has 81 heavy (non-hydrogen) atoms. The van der Waals surface area contributed by atoms with E-state index in [1.54, 1.807) is 6.33 Å². The van der Waals surface area contributed by atoms with Crippen molar-refractivity contribution in [3.63, 3.8) is 0 Å². The van der Waals surface area contributed by atoms with Gasteiger partial charge in [-0.3, -0.25) is 14.7 Å². The van der Waals surface area contributed by atoms with Crippen LogP contribution in [0.5, 0.6) is 0 Å². The maximum absolute atomic E-state index is 5.91. The summed E-state index contributed by atoms with van der Waals surface area (Å²) in [6.45, 7) is 15.0. The van der Waals surface area contributed by atoms with Gasteiger partial charge in [-0.2, -0.15) is 0 Å². The monoisotopic (exact) mass is 1160 g/mol. The molecule has 416 valence electrons. The lowest BCUT2D eigenvalue weighted by Crippen LogP contribution is -2.46. The quantitative estimate of drug-likeness (QED) is 0.110. The second-order valence-electron chi connectivity index (χ2n) is 19.5. The molecule has 19 heteroatoms. The fourth-order valence-electron chi connectivity index (χ4n) is 9.63. The average Bonchev–Trinajstić information content (AvgIpc) is 3.52. The Labute approximate surface area is 495 Å². The minimum Gasteiger partial charge on any atom is -0.359 e. The Kier molecular flexibility index (Phi) is 22.3. The van der Waals surface area contributed by atoms with Crippen LogP contribution < -0.4 is 20.0 Å². The molecular weight excluding hydrogens is 1100 g/mol. The van der Waals surface area contributed by atoms with Gasteiger partial charge in [0.05, 0.1) is 6.04 Å². The standard InChI is InChI=1S/C28H29N5.2C15H17ClN4.C4H2Cl2N2/c1-4-10-23(11-5-1)21-32-16-18-33(19-17-32)27-20-26(29-22-30-27)31-28(24-12-6-2-7-13-24)25-14-8-3-9-15-25;2*16-14-10-15(18-12-17-14)20-8-6-19(7-9-20)11-13-4-2-1-3-5-13;5-3-1-4(6)8-2-7-3/h1-15,20,22,28H,16-19,21H2,(H,29,30,31);2*1-5,10,12H,6-9,11H2;1-2H. The fraction of sp³-hybridized carbons (Fsp3) is 0.258. The highest BCUT2D eigenvalue weighted by molar-refractivity contribution is 6.33. The first-order chi connectivity index (χ1) is 39.8. The van der Waals surface area contributed by atoms with Crippen molar-refractivity contribution in [2.24, 2.45) is 0 Å². The van der Waals surface area contributed by atoms with Crippen molar-refractivity contribution in [1.82, 2.24) is 54.6 Å². The van der Waals surface area contributed by atoms with E-state index in [2.05, 4.69) is 220 Å². The van der Waals surface area contributed by atoms with Crippen molar-refractivity contribution >= 4 is 69.7 Å². The number of aromatic nitrogens is 8. The summed E-state index contributed by atoms with van der Waals surface area (Å²) in [5, 5.41) is 5.38. The van der Waals surface area contributed by atoms with E-state index >= 15 is 0 Å². The summed E-state index contributed by atoms with van der Waals surface area (Å²) >= 11 is 22.6. The van der Waals surface area contributed by atoms with Crippen LogP contribution in [0.2, 0.25) is 20.6 Å². The number of hydrogen-bond donors (Lipinski definition) is 1. The maximum Gasteiger partial charge on any atom is 0.134 e. The van der Waals surface area contributed by atoms with Gasteiger partial charge in [-0.1, -0.05) is 198 Å². The van der Waals surface area contributed by atoms with E-state index in [9.17, 15) is 0 Å². The van der Waals surface area contributed by atoms with Crippen LogP contribution in [0.4, 0.5) is 23.3 Å². The molecule has 0 aliphatic carbocycles. The Balaban J connectivity index is 0.000000143. The zero-order chi connectivity index (χ0) is 55.9. The van der Waals surface area contributed by atoms with Gasteiger partial charge >= 0.3 is 0 Å². The molecule has 5 aromatic carbocycles. The predicted octanol–water partition coefficient (Wildman–Crippen LogP) is 11.7. The molecular formula is C62H65Cl4N15. The summed E-state index contributed by atoms with van der Waals surface area (Å²) in [7, 11) is 0. The number of piperazine rings is 3. The number of anilines is 4. The van der Waals surface area contributed by atoms with Crippen LogP contribution in [-0.4, -0.2) is 133 Å². The largest absolute Gasteiger partial charge is 0.359 e. The molecule has 15 nitrogen and oxygen atoms in total. The Bertz CT molecular complexity index is 3070. The topological polar surface area (TPSA) is 135 Å². The van der Waals surface area contributed by atoms with Crippen molar-refractivity contribution in [3.8, 4) is 0 Å². The summed E-state index contributed by atoms with van der Waals surface area (Å²) < 4.78 is 0. The molecule has 1 N–H and O–H groups in total. The number of rotatable bonds is 13. The third kappa shape index (κ3) is 18.9. The molecule has 0 unspecified atom stereocenters. The fourth-order valence-corrected chi connectivity index (χ4v) is 10.3. The Hall–Kier alpha value is -7.34. The first-order valence-electron chi connectivity index (χ1n) is 27.1. The van der Waals surface area contributed by atoms with Gasteiger partial charge in [-0.25, -0.2) is 39.9 Å². The molecule has 3 saturated heterocycles. The van der Waals surface area contributed by atoms with Gasteiger partial charge in [-0.05, 0) is 27.8 Å². The van der Waals surface area contributed by atoms with Gasteiger partial charge in [0.2, 0.25) is 0 Å². The van der Waals surface area contributed by atoms with Crippen molar-refractivity contribution in [2.75, 3.05) is 98.6 Å². The second kappa shape index (κ2) is 31.0. The predicted molar refractivity (Wildman–Crippen MR) is 328 cm³/mol. The molecule has 3 aliphatic rings. The molecule has 0 saturated carbocycles. The Morgan fingerprint density at radius 1 is 0.321 bits per heavy atom. The number of hydrogen-bond acceptors (Lipinski definition) is 15. The highest BCUT2D eigenvalue weighted by Gasteiger charge is 2.22. The van der Waals surface area contributed by atoms with Crippen LogP contribution in [0, 0.1) is 0 Å². The van der Waals surface area contributed by atoms with Gasteiger partial charge in [-0.15, -0.1) is 0 Å². The first-order valence-corrected chi connectivity index (χ1v) is 28.6. The van der Waals surface area contributed by atoms with E-state index < -0.39 is 0 Å². The van der Waals surface area contributed by atoms with Gasteiger partial charge in [0.25, 0.3) is 0 Å². The lowest BCUT2D eigenvalue weighted by Gasteiger charge is -2.35. The van der Waals surface area contributed by atoms with E-state index in [1.165, 1.54) is 52.9 Å². The van der Waals surface area contributed by atoms with Crippen LogP contribution >= 0.6 is 46.4 Å². The normalized spacial score (nSPS) is 14.9. The number of halogens is 4. The third-order valence-electron chi connectivity index (χ3n) is 13.9. The number of benzene rings is 5. The second-order valence-corrected chi connectivity index (χ2v) is 21.0. The van der Waals surface area contributed by atoms with E-state index in [1.807, 2.05) is 24.3 Å². The van der Waals surface area contributed by atoms with Crippen LogP contribution in [0.15, 0.2) is 201 Å². The summed E-state index contributed by atoms with van der Waals surface area (Å²) in [6, 6.07) is 60.1. The van der Waals surface area contributed by atoms with Gasteiger partial charge in [0.1, 0.15) is 69.2 Å². The van der Waals surface area contributed by atoms with Gasteiger partial charge in [0.15, 0.2) is 0 Å². The van der Waals surface area contributed by atoms with Crippen molar-refractivity contribution in [2.45, 2.75) is 25.7 Å². The van der Waals surface area contributed by atoms with E-state index in [-0.39, 0.29) is 6.04 Å². The SMILES string of the molecule is Clc1cc(Cl)ncn1.Clc1cc(N2CCN(Cc3ccccc3)CC2)ncn1.Clc1cc(N2CCN(Cc3ccccc3)CC2)ncn1.c1ccc(CN2CCN(c3cc(NC(c4ccccc4)c4ccccc4)ncn3)CC2)cc1. The molecule has 0 amide bonds. The number of nitrogens with zero attached hydrogens (tertiary/aromatic N) is 14. The van der Waals surface area contributed by atoms with Crippen LogP contribution in [-0.2, 0) is 19.6 Å². The molecule has 0 atom stereocenters. The molecule has 9 aromatic rings. The van der Waals surface area contributed by atoms with E-state index in [4.69, 9.17) is 46.4 Å². The molecule has 0 bridgehead atoms. The summed E-state index contributed by atoms with van der Waals surface area (Å²) in [5.41, 5.74) is 6.51. The lowest BCUT2D eigenvalue weighted by molar-refractivity contribution is 0.249. The van der Waals surface area contributed by atoms with Crippen LogP contribution in [0.1, 0.15) is 33.9 Å². The van der Waals surface area contributed by atoms with Crippen LogP contribution in [0.25, 0.3) is 0 Å². The highest BCUT2D eigenvalue weighted by Crippen LogP contribution is 2.28. The molecule has 12 rings (SSSR count). The average molecular weight is 1160 g/mol. The van der Waals surface area contributed by atoms with E-state index in [0.29, 0.717) is 20.6 Å². The lowest BCUT2D eigenvalue weighted by atomic mass is 9.99. The highest BCUT2D eigenvalue weighted by atomic mass is 35.5. The first kappa shape index (κ1) is 58.3. The molecule has 0 radical (unpaired) electrons. The van der Waals surface area contributed by atoms with Crippen molar-refractivity contribution < 1.29 is 0 Å². The van der Waals surface area contributed by atoms with Crippen molar-refractivity contribution in [3.05, 3.63) is 250 Å². The van der Waals surface area contributed by atoms with Crippen molar-refractivity contribution in [1.29, 1.82) is 0 Å². The third-order valence-corrected chi connectivity index (χ3v) is 14.7. The maximum atomic E-state index is 5.91. The Morgan fingerprint density at radius 2 is 0.605 bits per heavy atom. The van der Waals surface area contributed by atoms with Gasteiger partial charge in [0, 0.05) is 122 Å². The summed E-state index contributed by atoms with van der Waals surface area (Å²) in [4.78, 5) is 47.1. The zero-order valence-electron chi connectivity index (χ0n) is 45.0. The number of nitrogens with one attached hydrogen (secondary N) is 1. The molecule has 3 aliphatic heterocycles. The molecule has 3 fully saturated rings. The van der Waals surface area contributed by atoms with Crippen LogP contribution in [0.3, 0.4) is 0 Å². The molecule has 4 aromatic heterocycles. The smallest absolute Gasteiger partial charge is 0.134 e. The molecule has 7 heterocycles.